The van der Waals surface area contributed by atoms with Crippen LogP contribution in [0.1, 0.15) is 57.4 Å². The fourth-order valence-electron chi connectivity index (χ4n) is 6.04. The van der Waals surface area contributed by atoms with Crippen LogP contribution in [-0.4, -0.2) is 24.6 Å². The van der Waals surface area contributed by atoms with E-state index in [1.807, 2.05) is 25.1 Å². The van der Waals surface area contributed by atoms with E-state index >= 15 is 0 Å². The van der Waals surface area contributed by atoms with Gasteiger partial charge < -0.3 is 10.1 Å². The summed E-state index contributed by atoms with van der Waals surface area (Å²) < 4.78 is 5.30. The molecule has 4 aliphatic carbocycles. The average molecular weight is 398 g/mol. The van der Waals surface area contributed by atoms with Crippen LogP contribution >= 0.6 is 0 Å². The smallest absolute Gasteiger partial charge is 0.246 e. The molecule has 5 rings (SSSR count). The third-order valence-corrected chi connectivity index (χ3v) is 6.91. The van der Waals surface area contributed by atoms with E-state index in [4.69, 9.17) is 4.74 Å². The number of hydrogen-bond donors (Lipinski definition) is 2. The Hall–Kier alpha value is -2.37. The third-order valence-electron chi connectivity index (χ3n) is 6.91. The van der Waals surface area contributed by atoms with E-state index in [2.05, 4.69) is 15.8 Å². The van der Waals surface area contributed by atoms with Crippen LogP contribution in [0.15, 0.2) is 23.3 Å². The van der Waals surface area contributed by atoms with Gasteiger partial charge in [-0.25, -0.2) is 5.43 Å². The minimum atomic E-state index is -0.226. The van der Waals surface area contributed by atoms with Gasteiger partial charge in [0, 0.05) is 5.71 Å². The maximum absolute atomic E-state index is 13.0. The molecule has 2 N–H and O–H groups in total. The number of hydrazone groups is 1. The van der Waals surface area contributed by atoms with Crippen molar-refractivity contribution in [3.05, 3.63) is 23.8 Å². The van der Waals surface area contributed by atoms with E-state index in [0.29, 0.717) is 34.9 Å². The summed E-state index contributed by atoms with van der Waals surface area (Å²) in [4.78, 5) is 25.4. The zero-order valence-electron chi connectivity index (χ0n) is 17.6. The molecule has 4 fully saturated rings. The maximum atomic E-state index is 13.0. The van der Waals surface area contributed by atoms with Crippen LogP contribution in [0, 0.1) is 30.1 Å². The van der Waals surface area contributed by atoms with Crippen molar-refractivity contribution in [2.45, 2.75) is 58.8 Å². The number of nitrogens with zero attached hydrogens (tertiary/aromatic N) is 1. The van der Waals surface area contributed by atoms with Gasteiger partial charge in [-0.15, -0.1) is 0 Å². The molecule has 2 amide bonds. The molecule has 1 aromatic rings. The number of carbonyl (C=O) groups is 2. The number of ether oxygens (including phenoxy) is 1. The van der Waals surface area contributed by atoms with Crippen LogP contribution in [0.4, 0.5) is 5.69 Å². The quantitative estimate of drug-likeness (QED) is 0.562. The molecule has 0 aromatic heterocycles. The van der Waals surface area contributed by atoms with Gasteiger partial charge in [0.15, 0.2) is 0 Å². The number of carbonyl (C=O) groups excluding carboxylic acids is 2. The molecule has 6 heteroatoms. The zero-order valence-corrected chi connectivity index (χ0v) is 17.6. The number of amides is 2. The van der Waals surface area contributed by atoms with Crippen molar-refractivity contribution in [1.82, 2.24) is 5.43 Å². The molecule has 4 bridgehead atoms. The summed E-state index contributed by atoms with van der Waals surface area (Å²) in [6.07, 6.45) is 7.05. The third kappa shape index (κ3) is 4.16. The summed E-state index contributed by atoms with van der Waals surface area (Å²) in [6, 6.07) is 5.64. The Balaban J connectivity index is 1.34. The number of rotatable bonds is 6. The fourth-order valence-corrected chi connectivity index (χ4v) is 6.04. The average Bonchev–Trinajstić information content (AvgIpc) is 2.65. The molecule has 0 radical (unpaired) electrons. The molecular weight excluding hydrogens is 366 g/mol. The van der Waals surface area contributed by atoms with Crippen molar-refractivity contribution in [3.8, 4) is 5.75 Å². The summed E-state index contributed by atoms with van der Waals surface area (Å²) in [6.45, 7) is 3.73. The molecule has 0 saturated heterocycles. The molecular formula is C23H31N3O3. The lowest BCUT2D eigenvalue weighted by Gasteiger charge is -2.55. The highest BCUT2D eigenvalue weighted by molar-refractivity contribution is 6.06. The number of benzene rings is 1. The highest BCUT2D eigenvalue weighted by atomic mass is 16.5. The van der Waals surface area contributed by atoms with Gasteiger partial charge in [0.1, 0.15) is 5.75 Å². The van der Waals surface area contributed by atoms with E-state index in [1.54, 1.807) is 14.0 Å². The van der Waals surface area contributed by atoms with Gasteiger partial charge in [0.25, 0.3) is 0 Å². The summed E-state index contributed by atoms with van der Waals surface area (Å²) in [5.41, 5.74) is 4.83. The lowest BCUT2D eigenvalue weighted by Crippen LogP contribution is -2.52. The largest absolute Gasteiger partial charge is 0.495 e. The first-order chi connectivity index (χ1) is 13.9. The minimum absolute atomic E-state index is 0.0525. The van der Waals surface area contributed by atoms with Crippen LogP contribution < -0.4 is 15.5 Å². The molecule has 0 heterocycles. The van der Waals surface area contributed by atoms with Crippen LogP contribution in [0.5, 0.6) is 5.75 Å². The Morgan fingerprint density at radius 1 is 1.14 bits per heavy atom. The van der Waals surface area contributed by atoms with Crippen molar-refractivity contribution in [2.75, 3.05) is 12.4 Å². The molecule has 6 nitrogen and oxygen atoms in total. The Labute approximate surface area is 172 Å². The molecule has 4 saturated carbocycles. The van der Waals surface area contributed by atoms with Gasteiger partial charge in [-0.05, 0) is 87.8 Å². The Bertz CT molecular complexity index is 810. The van der Waals surface area contributed by atoms with Gasteiger partial charge >= 0.3 is 0 Å². The molecule has 0 aliphatic heterocycles. The first-order valence-electron chi connectivity index (χ1n) is 10.6. The molecule has 4 aliphatic rings. The summed E-state index contributed by atoms with van der Waals surface area (Å²) in [7, 11) is 1.58. The molecule has 29 heavy (non-hydrogen) atoms. The highest BCUT2D eigenvalue weighted by Gasteiger charge is 2.54. The van der Waals surface area contributed by atoms with Crippen LogP contribution in [0.3, 0.4) is 0 Å². The Kier molecular flexibility index (Phi) is 5.36. The number of hydrogen-bond acceptors (Lipinski definition) is 4. The summed E-state index contributed by atoms with van der Waals surface area (Å²) in [5, 5.41) is 7.12. The van der Waals surface area contributed by atoms with Gasteiger partial charge in [-0.2, -0.15) is 5.10 Å². The van der Waals surface area contributed by atoms with Gasteiger partial charge in [-0.1, -0.05) is 6.07 Å². The van der Waals surface area contributed by atoms with Crippen molar-refractivity contribution >= 4 is 23.2 Å². The molecule has 0 unspecified atom stereocenters. The molecule has 0 spiro atoms. The van der Waals surface area contributed by atoms with E-state index < -0.39 is 0 Å². The second kappa shape index (κ2) is 7.81. The number of aryl methyl sites for hydroxylation is 1. The second-order valence-electron chi connectivity index (χ2n) is 9.41. The SMILES string of the molecule is COc1ccc(C)cc1NC(=O)CC(C)=NNC(=O)C12CC3CC(CC(C3)C1)C2. The van der Waals surface area contributed by atoms with E-state index in [1.165, 1.54) is 19.3 Å². The standard InChI is InChI=1S/C23H31N3O3/c1-14-4-5-20(29-3)19(6-14)24-21(27)7-15(2)25-26-22(28)23-11-16-8-17(12-23)10-18(9-16)13-23/h4-6,16-18H,7-13H2,1-3H3,(H,24,27)(H,26,28). The summed E-state index contributed by atoms with van der Waals surface area (Å²) in [5.74, 6) is 2.64. The second-order valence-corrected chi connectivity index (χ2v) is 9.41. The van der Waals surface area contributed by atoms with Crippen LogP contribution in [0.2, 0.25) is 0 Å². The van der Waals surface area contributed by atoms with E-state index in [9.17, 15) is 9.59 Å². The van der Waals surface area contributed by atoms with Crippen molar-refractivity contribution in [1.29, 1.82) is 0 Å². The van der Waals surface area contributed by atoms with Gasteiger partial charge in [-0.3, -0.25) is 9.59 Å². The van der Waals surface area contributed by atoms with Crippen molar-refractivity contribution in [2.24, 2.45) is 28.3 Å². The Morgan fingerprint density at radius 3 is 2.34 bits per heavy atom. The molecule has 1 aromatic carbocycles. The van der Waals surface area contributed by atoms with Gasteiger partial charge in [0.05, 0.1) is 24.6 Å². The van der Waals surface area contributed by atoms with Crippen molar-refractivity contribution in [3.63, 3.8) is 0 Å². The van der Waals surface area contributed by atoms with Crippen LogP contribution in [0.25, 0.3) is 0 Å². The molecule has 156 valence electrons. The van der Waals surface area contributed by atoms with E-state index in [-0.39, 0.29) is 23.7 Å². The zero-order chi connectivity index (χ0) is 20.6. The topological polar surface area (TPSA) is 79.8 Å². The first kappa shape index (κ1) is 19.9. The van der Waals surface area contributed by atoms with Crippen molar-refractivity contribution < 1.29 is 14.3 Å². The number of methoxy groups -OCH3 is 1. The molecule has 0 atom stereocenters. The minimum Gasteiger partial charge on any atom is -0.495 e. The number of nitrogens with one attached hydrogen (secondary N) is 2. The fraction of sp³-hybridized carbons (Fsp3) is 0.609. The summed E-state index contributed by atoms with van der Waals surface area (Å²) >= 11 is 0. The monoisotopic (exact) mass is 397 g/mol. The number of anilines is 1. The lowest BCUT2D eigenvalue weighted by atomic mass is 9.49. The first-order valence-corrected chi connectivity index (χ1v) is 10.6. The normalized spacial score (nSPS) is 30.2. The highest BCUT2D eigenvalue weighted by Crippen LogP contribution is 2.60. The Morgan fingerprint density at radius 2 is 1.76 bits per heavy atom. The lowest BCUT2D eigenvalue weighted by molar-refractivity contribution is -0.146. The maximum Gasteiger partial charge on any atom is 0.246 e. The van der Waals surface area contributed by atoms with E-state index in [0.717, 1.165) is 24.8 Å². The van der Waals surface area contributed by atoms with Crippen LogP contribution in [-0.2, 0) is 9.59 Å². The predicted octanol–water partition coefficient (Wildman–Crippen LogP) is 4.04. The predicted molar refractivity (Wildman–Crippen MR) is 113 cm³/mol. The van der Waals surface area contributed by atoms with Gasteiger partial charge in [0.2, 0.25) is 11.8 Å².